The summed E-state index contributed by atoms with van der Waals surface area (Å²) in [6, 6.07) is 13.5. The zero-order valence-corrected chi connectivity index (χ0v) is 29.1. The van der Waals surface area contributed by atoms with Crippen molar-refractivity contribution >= 4 is 44.1 Å². The van der Waals surface area contributed by atoms with Crippen LogP contribution in [0.15, 0.2) is 58.4 Å². The van der Waals surface area contributed by atoms with E-state index in [1.807, 2.05) is 26.0 Å². The van der Waals surface area contributed by atoms with E-state index in [4.69, 9.17) is 14.0 Å². The van der Waals surface area contributed by atoms with Crippen molar-refractivity contribution in [2.75, 3.05) is 39.3 Å². The SMILES string of the molecule is CCN(CC)C(=O)c1cc2cc(F)c(F)cc2n1CC(=O)N1CCC[C@@H]1COc1cc(CN2CCC(Oc3cccc4ccsc34)CC2)on1. The highest BCUT2D eigenvalue weighted by Crippen LogP contribution is 2.33. The van der Waals surface area contributed by atoms with Gasteiger partial charge in [-0.1, -0.05) is 12.1 Å². The molecule has 0 radical (unpaired) electrons. The van der Waals surface area contributed by atoms with Crippen LogP contribution in [0.25, 0.3) is 21.0 Å². The van der Waals surface area contributed by atoms with E-state index < -0.39 is 11.6 Å². The van der Waals surface area contributed by atoms with Crippen LogP contribution in [0, 0.1) is 11.6 Å². The van der Waals surface area contributed by atoms with Gasteiger partial charge in [0.05, 0.1) is 22.8 Å². The van der Waals surface area contributed by atoms with Crippen molar-refractivity contribution in [1.82, 2.24) is 24.4 Å². The van der Waals surface area contributed by atoms with Crippen LogP contribution in [0.3, 0.4) is 0 Å². The molecule has 5 heterocycles. The number of thiophene rings is 1. The lowest BCUT2D eigenvalue weighted by atomic mass is 10.1. The maximum absolute atomic E-state index is 14.3. The third-order valence-corrected chi connectivity index (χ3v) is 10.8. The molecule has 5 aromatic rings. The van der Waals surface area contributed by atoms with Gasteiger partial charge in [-0.25, -0.2) is 8.78 Å². The first-order valence-electron chi connectivity index (χ1n) is 17.3. The van der Waals surface area contributed by atoms with E-state index in [2.05, 4.69) is 27.6 Å². The van der Waals surface area contributed by atoms with Crippen molar-refractivity contribution in [3.63, 3.8) is 0 Å². The summed E-state index contributed by atoms with van der Waals surface area (Å²) in [7, 11) is 0. The molecule has 2 aromatic carbocycles. The average molecular weight is 706 g/mol. The van der Waals surface area contributed by atoms with Crippen LogP contribution in [0.2, 0.25) is 0 Å². The van der Waals surface area contributed by atoms with E-state index in [1.54, 1.807) is 27.2 Å². The molecule has 2 aliphatic heterocycles. The standard InChI is InChI=1S/C37H41F2N5O5S/c1-3-42(4-2)37(46)32-18-25-17-29(38)30(39)20-31(25)44(32)22-35(45)43-13-6-8-26(43)23-47-34-19-28(49-40-34)21-41-14-10-27(11-15-41)48-33-9-5-7-24-12-16-50-36(24)33/h5,7,9,12,16-20,26-27H,3-4,6,8,10-11,13-15,21-23H2,1-2H3/t26-/m1/s1. The Balaban J connectivity index is 0.940. The highest BCUT2D eigenvalue weighted by atomic mass is 32.1. The third kappa shape index (κ3) is 7.06. The summed E-state index contributed by atoms with van der Waals surface area (Å²) in [5.41, 5.74) is 0.513. The predicted octanol–water partition coefficient (Wildman–Crippen LogP) is 6.72. The van der Waals surface area contributed by atoms with Gasteiger partial charge in [-0.05, 0) is 79.7 Å². The van der Waals surface area contributed by atoms with Gasteiger partial charge in [-0.3, -0.25) is 14.5 Å². The van der Waals surface area contributed by atoms with Crippen molar-refractivity contribution < 1.29 is 32.4 Å². The number of carbonyl (C=O) groups is 2. The van der Waals surface area contributed by atoms with Gasteiger partial charge >= 0.3 is 0 Å². The van der Waals surface area contributed by atoms with E-state index in [-0.39, 0.29) is 42.8 Å². The summed E-state index contributed by atoms with van der Waals surface area (Å²) < 4.78 is 49.1. The molecule has 0 saturated carbocycles. The maximum atomic E-state index is 14.3. The minimum Gasteiger partial charge on any atom is -0.489 e. The van der Waals surface area contributed by atoms with E-state index in [9.17, 15) is 18.4 Å². The Morgan fingerprint density at radius 3 is 2.60 bits per heavy atom. The van der Waals surface area contributed by atoms with Crippen molar-refractivity contribution in [3.05, 3.63) is 77.0 Å². The van der Waals surface area contributed by atoms with Gasteiger partial charge in [0.1, 0.15) is 30.7 Å². The number of hydrogen-bond donors (Lipinski definition) is 0. The molecule has 3 aromatic heterocycles. The van der Waals surface area contributed by atoms with E-state index in [1.165, 1.54) is 20.7 Å². The second-order valence-electron chi connectivity index (χ2n) is 12.9. The topological polar surface area (TPSA) is 93.3 Å². The fourth-order valence-corrected chi connectivity index (χ4v) is 7.96. The molecule has 2 amide bonds. The van der Waals surface area contributed by atoms with Crippen LogP contribution >= 0.6 is 11.3 Å². The molecule has 1 atom stereocenters. The Labute approximate surface area is 293 Å². The van der Waals surface area contributed by atoms with Gasteiger partial charge in [0, 0.05) is 50.2 Å². The Bertz CT molecular complexity index is 1980. The quantitative estimate of drug-likeness (QED) is 0.142. The van der Waals surface area contributed by atoms with Gasteiger partial charge in [0.2, 0.25) is 5.91 Å². The molecule has 2 saturated heterocycles. The Hall–Kier alpha value is -4.49. The van der Waals surface area contributed by atoms with Crippen molar-refractivity contribution in [1.29, 1.82) is 0 Å². The molecule has 0 spiro atoms. The van der Waals surface area contributed by atoms with Gasteiger partial charge < -0.3 is 28.4 Å². The minimum atomic E-state index is -1.04. The lowest BCUT2D eigenvalue weighted by Gasteiger charge is -2.31. The molecular weight excluding hydrogens is 665 g/mol. The highest BCUT2D eigenvalue weighted by molar-refractivity contribution is 7.17. The molecule has 0 aliphatic carbocycles. The van der Waals surface area contributed by atoms with Crippen molar-refractivity contribution in [3.8, 4) is 11.6 Å². The zero-order chi connectivity index (χ0) is 34.8. The number of hydrogen-bond acceptors (Lipinski definition) is 8. The highest BCUT2D eigenvalue weighted by Gasteiger charge is 2.32. The van der Waals surface area contributed by atoms with Gasteiger partial charge in [0.25, 0.3) is 11.8 Å². The third-order valence-electron chi connectivity index (χ3n) is 9.82. The number of ether oxygens (including phenoxy) is 2. The molecule has 2 aliphatic rings. The monoisotopic (exact) mass is 705 g/mol. The van der Waals surface area contributed by atoms with Crippen molar-refractivity contribution in [2.24, 2.45) is 0 Å². The first-order valence-corrected chi connectivity index (χ1v) is 18.2. The number of fused-ring (bicyclic) bond motifs is 2. The van der Waals surface area contributed by atoms with Gasteiger partial charge in [-0.15, -0.1) is 11.3 Å². The molecule has 10 nitrogen and oxygen atoms in total. The van der Waals surface area contributed by atoms with E-state index in [0.717, 1.165) is 56.7 Å². The van der Waals surface area contributed by atoms with Gasteiger partial charge in [0.15, 0.2) is 17.4 Å². The molecule has 7 rings (SSSR count). The number of aromatic nitrogens is 2. The van der Waals surface area contributed by atoms with Gasteiger partial charge in [-0.2, -0.15) is 0 Å². The first kappa shape index (κ1) is 34.0. The number of nitrogens with zero attached hydrogens (tertiary/aromatic N) is 5. The number of rotatable bonds is 12. The fraction of sp³-hybridized carbons (Fsp3) is 0.432. The number of piperidine rings is 1. The normalized spacial score (nSPS) is 17.2. The fourth-order valence-electron chi connectivity index (χ4n) is 7.10. The summed E-state index contributed by atoms with van der Waals surface area (Å²) in [4.78, 5) is 32.8. The Morgan fingerprint density at radius 2 is 1.80 bits per heavy atom. The molecule has 264 valence electrons. The van der Waals surface area contributed by atoms with Crippen LogP contribution < -0.4 is 9.47 Å². The molecule has 0 bridgehead atoms. The minimum absolute atomic E-state index is 0.166. The Kier molecular flexibility index (Phi) is 10.0. The number of amides is 2. The molecule has 2 fully saturated rings. The number of halogens is 2. The summed E-state index contributed by atoms with van der Waals surface area (Å²) in [6.07, 6.45) is 3.54. The number of likely N-dealkylation sites (tertiary alicyclic amines) is 2. The van der Waals surface area contributed by atoms with Crippen LogP contribution in [0.4, 0.5) is 8.78 Å². The van der Waals surface area contributed by atoms with Crippen molar-refractivity contribution in [2.45, 2.75) is 64.8 Å². The molecule has 50 heavy (non-hydrogen) atoms. The number of carbonyl (C=O) groups excluding carboxylic acids is 2. The molecule has 0 unspecified atom stereocenters. The van der Waals surface area contributed by atoms with Crippen LogP contribution in [0.5, 0.6) is 11.6 Å². The lowest BCUT2D eigenvalue weighted by molar-refractivity contribution is -0.133. The zero-order valence-electron chi connectivity index (χ0n) is 28.3. The largest absolute Gasteiger partial charge is 0.489 e. The first-order chi connectivity index (χ1) is 24.3. The summed E-state index contributed by atoms with van der Waals surface area (Å²) >= 11 is 1.70. The van der Waals surface area contributed by atoms with E-state index in [0.29, 0.717) is 48.7 Å². The second kappa shape index (κ2) is 14.8. The average Bonchev–Trinajstić information content (AvgIpc) is 3.93. The smallest absolute Gasteiger partial charge is 0.270 e. The summed E-state index contributed by atoms with van der Waals surface area (Å²) in [6.45, 7) is 7.58. The molecular formula is C37H41F2N5O5S. The molecule has 0 N–H and O–H groups in total. The summed E-state index contributed by atoms with van der Waals surface area (Å²) in [5, 5.41) is 7.78. The Morgan fingerprint density at radius 1 is 1.00 bits per heavy atom. The lowest BCUT2D eigenvalue weighted by Crippen LogP contribution is -2.41. The summed E-state index contributed by atoms with van der Waals surface area (Å²) in [5.74, 6) is -0.547. The predicted molar refractivity (Wildman–Crippen MR) is 187 cm³/mol. The maximum Gasteiger partial charge on any atom is 0.270 e. The van der Waals surface area contributed by atoms with Crippen LogP contribution in [0.1, 0.15) is 55.8 Å². The molecule has 13 heteroatoms. The van der Waals surface area contributed by atoms with Crippen LogP contribution in [-0.4, -0.2) is 87.7 Å². The van der Waals surface area contributed by atoms with E-state index >= 15 is 0 Å². The second-order valence-corrected chi connectivity index (χ2v) is 13.8. The van der Waals surface area contributed by atoms with Crippen LogP contribution in [-0.2, 0) is 17.9 Å². The number of benzene rings is 2.